The first kappa shape index (κ1) is 12.4. The van der Waals surface area contributed by atoms with Crippen LogP contribution in [0.15, 0.2) is 17.0 Å². The van der Waals surface area contributed by atoms with Crippen LogP contribution in [-0.2, 0) is 4.74 Å². The number of hydrogen-bond acceptors (Lipinski definition) is 5. The summed E-state index contributed by atoms with van der Waals surface area (Å²) in [4.78, 5) is 22.0. The normalized spacial score (nSPS) is 15.9. The van der Waals surface area contributed by atoms with Gasteiger partial charge in [0.1, 0.15) is 10.3 Å². The molecule has 0 saturated carbocycles. The van der Waals surface area contributed by atoms with E-state index in [1.165, 1.54) is 0 Å². The molecule has 0 aromatic carbocycles. The monoisotopic (exact) mass is 325 g/mol. The predicted molar refractivity (Wildman–Crippen MR) is 72.2 cm³/mol. The quantitative estimate of drug-likeness (QED) is 0.865. The number of primary amides is 1. The van der Waals surface area contributed by atoms with Crippen molar-refractivity contribution < 1.29 is 9.53 Å². The van der Waals surface area contributed by atoms with E-state index < -0.39 is 5.91 Å². The topological polar surface area (TPSA) is 85.8 Å². The van der Waals surface area contributed by atoms with Crippen molar-refractivity contribution in [1.29, 1.82) is 0 Å². The molecule has 1 aliphatic heterocycles. The predicted octanol–water partition coefficient (Wildman–Crippen LogP) is 0.427. The summed E-state index contributed by atoms with van der Waals surface area (Å²) in [6, 6.07) is 0. The Morgan fingerprint density at radius 2 is 2.05 bits per heavy atom. The zero-order valence-corrected chi connectivity index (χ0v) is 11.6. The van der Waals surface area contributed by atoms with E-state index in [1.54, 1.807) is 16.8 Å². The molecule has 0 radical (unpaired) electrons. The fourth-order valence-electron chi connectivity index (χ4n) is 2.06. The number of ether oxygens (including phenoxy) is 1. The largest absolute Gasteiger partial charge is 0.378 e. The number of hydrogen-bond donors (Lipinski definition) is 1. The SMILES string of the molecule is NC(=O)c1cn2cc(Br)nc(N3CCOCC3)c2n1. The average molecular weight is 326 g/mol. The van der Waals surface area contributed by atoms with E-state index in [0.717, 1.165) is 18.9 Å². The van der Waals surface area contributed by atoms with Crippen LogP contribution in [-0.4, -0.2) is 46.6 Å². The zero-order valence-electron chi connectivity index (χ0n) is 10.0. The van der Waals surface area contributed by atoms with Gasteiger partial charge in [0.25, 0.3) is 5.91 Å². The van der Waals surface area contributed by atoms with Crippen molar-refractivity contribution in [3.63, 3.8) is 0 Å². The molecule has 1 aliphatic rings. The van der Waals surface area contributed by atoms with Gasteiger partial charge < -0.3 is 19.8 Å². The summed E-state index contributed by atoms with van der Waals surface area (Å²) in [6.45, 7) is 2.81. The molecule has 0 bridgehead atoms. The van der Waals surface area contributed by atoms with E-state index in [1.807, 2.05) is 0 Å². The molecule has 3 rings (SSSR count). The minimum absolute atomic E-state index is 0.231. The van der Waals surface area contributed by atoms with Gasteiger partial charge in [-0.1, -0.05) is 0 Å². The number of morpholine rings is 1. The molecule has 8 heteroatoms. The molecule has 3 heterocycles. The molecular formula is C11H12BrN5O2. The van der Waals surface area contributed by atoms with Crippen LogP contribution in [0.2, 0.25) is 0 Å². The molecule has 0 atom stereocenters. The molecular weight excluding hydrogens is 314 g/mol. The first-order valence-corrected chi connectivity index (χ1v) is 6.62. The number of rotatable bonds is 2. The molecule has 100 valence electrons. The molecule has 0 spiro atoms. The zero-order chi connectivity index (χ0) is 13.4. The highest BCUT2D eigenvalue weighted by atomic mass is 79.9. The van der Waals surface area contributed by atoms with E-state index in [4.69, 9.17) is 10.5 Å². The van der Waals surface area contributed by atoms with Gasteiger partial charge in [-0.2, -0.15) is 0 Å². The van der Waals surface area contributed by atoms with E-state index >= 15 is 0 Å². The third-order valence-corrected chi connectivity index (χ3v) is 3.34. The van der Waals surface area contributed by atoms with Crippen LogP contribution in [0.4, 0.5) is 5.82 Å². The Labute approximate surface area is 117 Å². The molecule has 2 aromatic rings. The minimum atomic E-state index is -0.548. The lowest BCUT2D eigenvalue weighted by Crippen LogP contribution is -2.37. The molecule has 0 aliphatic carbocycles. The molecule has 0 unspecified atom stereocenters. The molecule has 2 aromatic heterocycles. The molecule has 1 fully saturated rings. The van der Waals surface area contributed by atoms with E-state index in [-0.39, 0.29) is 5.69 Å². The van der Waals surface area contributed by atoms with Crippen LogP contribution < -0.4 is 10.6 Å². The highest BCUT2D eigenvalue weighted by Gasteiger charge is 2.19. The summed E-state index contributed by atoms with van der Waals surface area (Å²) in [5.41, 5.74) is 6.12. The third kappa shape index (κ3) is 2.28. The Bertz CT molecular complexity index is 635. The first-order valence-electron chi connectivity index (χ1n) is 5.83. The summed E-state index contributed by atoms with van der Waals surface area (Å²) in [5.74, 6) is 0.179. The number of carbonyl (C=O) groups excluding carboxylic acids is 1. The number of carbonyl (C=O) groups is 1. The van der Waals surface area contributed by atoms with Gasteiger partial charge in [0.2, 0.25) is 0 Å². The molecule has 1 amide bonds. The number of fused-ring (bicyclic) bond motifs is 1. The summed E-state index contributed by atoms with van der Waals surface area (Å²) >= 11 is 3.36. The highest BCUT2D eigenvalue weighted by Crippen LogP contribution is 2.22. The number of anilines is 1. The summed E-state index contributed by atoms with van der Waals surface area (Å²) < 4.78 is 7.75. The molecule has 1 saturated heterocycles. The summed E-state index contributed by atoms with van der Waals surface area (Å²) in [7, 11) is 0. The van der Waals surface area contributed by atoms with Gasteiger partial charge >= 0.3 is 0 Å². The Kier molecular flexibility index (Phi) is 3.11. The number of halogens is 1. The van der Waals surface area contributed by atoms with Crippen molar-refractivity contribution in [2.45, 2.75) is 0 Å². The van der Waals surface area contributed by atoms with Crippen molar-refractivity contribution in [3.8, 4) is 0 Å². The maximum Gasteiger partial charge on any atom is 0.268 e. The smallest absolute Gasteiger partial charge is 0.268 e. The lowest BCUT2D eigenvalue weighted by atomic mass is 10.4. The van der Waals surface area contributed by atoms with Gasteiger partial charge in [0, 0.05) is 25.5 Å². The van der Waals surface area contributed by atoms with E-state index in [2.05, 4.69) is 30.8 Å². The van der Waals surface area contributed by atoms with Gasteiger partial charge in [-0.3, -0.25) is 4.79 Å². The number of imidazole rings is 1. The van der Waals surface area contributed by atoms with Gasteiger partial charge in [-0.05, 0) is 15.9 Å². The number of amides is 1. The Morgan fingerprint density at radius 3 is 2.74 bits per heavy atom. The second-order valence-corrected chi connectivity index (χ2v) is 5.02. The van der Waals surface area contributed by atoms with E-state index in [9.17, 15) is 4.79 Å². The third-order valence-electron chi connectivity index (χ3n) is 2.95. The van der Waals surface area contributed by atoms with Gasteiger partial charge in [0.05, 0.1) is 13.2 Å². The summed E-state index contributed by atoms with van der Waals surface area (Å²) in [6.07, 6.45) is 3.35. The lowest BCUT2D eigenvalue weighted by Gasteiger charge is -2.27. The molecule has 7 nitrogen and oxygen atoms in total. The number of nitrogens with zero attached hydrogens (tertiary/aromatic N) is 4. The van der Waals surface area contributed by atoms with E-state index in [0.29, 0.717) is 23.5 Å². The van der Waals surface area contributed by atoms with Crippen LogP contribution in [0.5, 0.6) is 0 Å². The maximum atomic E-state index is 11.2. The second kappa shape index (κ2) is 4.78. The van der Waals surface area contributed by atoms with Crippen LogP contribution in [0.25, 0.3) is 5.65 Å². The lowest BCUT2D eigenvalue weighted by molar-refractivity contribution is 0.0996. The fraction of sp³-hybridized carbons (Fsp3) is 0.364. The van der Waals surface area contributed by atoms with Crippen molar-refractivity contribution in [2.24, 2.45) is 5.73 Å². The van der Waals surface area contributed by atoms with Crippen LogP contribution >= 0.6 is 15.9 Å². The van der Waals surface area contributed by atoms with Gasteiger partial charge in [-0.15, -0.1) is 0 Å². The Hall–Kier alpha value is -1.67. The van der Waals surface area contributed by atoms with Gasteiger partial charge in [-0.25, -0.2) is 9.97 Å². The maximum absolute atomic E-state index is 11.2. The average Bonchev–Trinajstić information content (AvgIpc) is 2.82. The van der Waals surface area contributed by atoms with Crippen molar-refractivity contribution in [2.75, 3.05) is 31.2 Å². The van der Waals surface area contributed by atoms with Crippen molar-refractivity contribution >= 4 is 33.3 Å². The standard InChI is InChI=1S/C11H12BrN5O2/c12-8-6-17-5-7(9(13)18)14-10(17)11(15-8)16-1-3-19-4-2-16/h5-6H,1-4H2,(H2,13,18). The van der Waals surface area contributed by atoms with Crippen LogP contribution in [0.3, 0.4) is 0 Å². The Morgan fingerprint density at radius 1 is 1.32 bits per heavy atom. The number of aromatic nitrogens is 3. The Balaban J connectivity index is 2.13. The highest BCUT2D eigenvalue weighted by molar-refractivity contribution is 9.10. The molecule has 2 N–H and O–H groups in total. The number of nitrogens with two attached hydrogens (primary N) is 1. The summed E-state index contributed by atoms with van der Waals surface area (Å²) in [5, 5.41) is 0. The van der Waals surface area contributed by atoms with Crippen molar-refractivity contribution in [3.05, 3.63) is 22.7 Å². The van der Waals surface area contributed by atoms with Gasteiger partial charge in [0.15, 0.2) is 11.5 Å². The second-order valence-electron chi connectivity index (χ2n) is 4.21. The molecule has 19 heavy (non-hydrogen) atoms. The van der Waals surface area contributed by atoms with Crippen molar-refractivity contribution in [1.82, 2.24) is 14.4 Å². The first-order chi connectivity index (χ1) is 9.15. The van der Waals surface area contributed by atoms with Crippen LogP contribution in [0.1, 0.15) is 10.5 Å². The van der Waals surface area contributed by atoms with Crippen LogP contribution in [0, 0.1) is 0 Å². The minimum Gasteiger partial charge on any atom is -0.378 e. The fourth-order valence-corrected chi connectivity index (χ4v) is 2.45.